The number of furan rings is 1. The maximum absolute atomic E-state index is 11.8. The minimum atomic E-state index is -1.01. The summed E-state index contributed by atoms with van der Waals surface area (Å²) in [6, 6.07) is 6.34. The number of carboxylic acids is 1. The normalized spacial score (nSPS) is 10.3. The van der Waals surface area contributed by atoms with Crippen LogP contribution in [0.15, 0.2) is 28.7 Å². The molecule has 2 aromatic heterocycles. The fourth-order valence-corrected chi connectivity index (χ4v) is 2.12. The minimum Gasteiger partial charge on any atom is -0.477 e. The summed E-state index contributed by atoms with van der Waals surface area (Å²) < 4.78 is 5.30. The molecule has 0 aromatic carbocycles. The third-order valence-corrected chi connectivity index (χ3v) is 3.28. The van der Waals surface area contributed by atoms with Crippen molar-refractivity contribution in [1.29, 1.82) is 0 Å². The predicted molar refractivity (Wildman–Crippen MR) is 67.3 cm³/mol. The van der Waals surface area contributed by atoms with Crippen LogP contribution in [0.1, 0.15) is 32.9 Å². The lowest BCUT2D eigenvalue weighted by atomic mass is 10.3. The van der Waals surface area contributed by atoms with Crippen LogP contribution in [0.4, 0.5) is 5.00 Å². The Labute approximate surface area is 107 Å². The Morgan fingerprint density at radius 2 is 2.11 bits per heavy atom. The molecular weight excluding hydrogens is 254 g/mol. The van der Waals surface area contributed by atoms with Gasteiger partial charge in [0.05, 0.1) is 5.00 Å². The van der Waals surface area contributed by atoms with Gasteiger partial charge in [0.25, 0.3) is 5.91 Å². The average Bonchev–Trinajstić information content (AvgIpc) is 2.96. The summed E-state index contributed by atoms with van der Waals surface area (Å²) >= 11 is 1.00. The van der Waals surface area contributed by atoms with Crippen LogP contribution in [0.3, 0.4) is 0 Å². The number of carbonyl (C=O) groups excluding carboxylic acids is 1. The van der Waals surface area contributed by atoms with Crippen molar-refractivity contribution in [2.45, 2.75) is 13.3 Å². The van der Waals surface area contributed by atoms with Crippen LogP contribution in [0.2, 0.25) is 0 Å². The smallest absolute Gasteiger partial charge is 0.345 e. The number of rotatable bonds is 4. The summed E-state index contributed by atoms with van der Waals surface area (Å²) in [5.41, 5.74) is 0. The molecule has 0 saturated carbocycles. The number of hydrogen-bond acceptors (Lipinski definition) is 4. The van der Waals surface area contributed by atoms with Gasteiger partial charge in [0.15, 0.2) is 5.76 Å². The highest BCUT2D eigenvalue weighted by atomic mass is 32.1. The van der Waals surface area contributed by atoms with Gasteiger partial charge >= 0.3 is 5.97 Å². The number of anilines is 1. The van der Waals surface area contributed by atoms with Gasteiger partial charge in [-0.15, -0.1) is 11.3 Å². The molecule has 0 bridgehead atoms. The third kappa shape index (κ3) is 2.60. The summed E-state index contributed by atoms with van der Waals surface area (Å²) in [4.78, 5) is 22.6. The number of carbonyl (C=O) groups is 2. The van der Waals surface area contributed by atoms with E-state index in [1.807, 2.05) is 6.92 Å². The molecule has 18 heavy (non-hydrogen) atoms. The van der Waals surface area contributed by atoms with E-state index >= 15 is 0 Å². The number of thiophene rings is 1. The number of nitrogens with one attached hydrogen (secondary N) is 1. The summed E-state index contributed by atoms with van der Waals surface area (Å²) in [5, 5.41) is 11.8. The molecule has 2 heterocycles. The summed E-state index contributed by atoms with van der Waals surface area (Å²) in [7, 11) is 0. The van der Waals surface area contributed by atoms with E-state index in [1.165, 1.54) is 6.07 Å². The van der Waals surface area contributed by atoms with Crippen molar-refractivity contribution in [2.24, 2.45) is 0 Å². The first-order valence-corrected chi connectivity index (χ1v) is 6.15. The number of carboxylic acid groups (broad SMARTS) is 1. The van der Waals surface area contributed by atoms with Crippen LogP contribution >= 0.6 is 11.3 Å². The van der Waals surface area contributed by atoms with Gasteiger partial charge in [-0.3, -0.25) is 4.79 Å². The molecule has 0 atom stereocenters. The van der Waals surface area contributed by atoms with Crippen LogP contribution in [0, 0.1) is 0 Å². The standard InChI is InChI=1S/C12H11NO4S/c1-2-7-3-4-8(17-7)11(14)13-10-6-5-9(18-10)12(15)16/h3-6H,2H2,1H3,(H,13,14)(H,15,16). The first kappa shape index (κ1) is 12.4. The first-order valence-electron chi connectivity index (χ1n) is 5.33. The maximum Gasteiger partial charge on any atom is 0.345 e. The van der Waals surface area contributed by atoms with Gasteiger partial charge in [-0.2, -0.15) is 0 Å². The van der Waals surface area contributed by atoms with Gasteiger partial charge in [0.2, 0.25) is 0 Å². The minimum absolute atomic E-state index is 0.180. The fraction of sp³-hybridized carbons (Fsp3) is 0.167. The number of aryl methyl sites for hydroxylation is 1. The monoisotopic (exact) mass is 265 g/mol. The molecule has 0 spiro atoms. The lowest BCUT2D eigenvalue weighted by molar-refractivity contribution is 0.0702. The Morgan fingerprint density at radius 3 is 2.67 bits per heavy atom. The molecule has 0 aliphatic heterocycles. The van der Waals surface area contributed by atoms with E-state index in [9.17, 15) is 9.59 Å². The van der Waals surface area contributed by atoms with Crippen molar-refractivity contribution < 1.29 is 19.1 Å². The van der Waals surface area contributed by atoms with Crippen molar-refractivity contribution in [1.82, 2.24) is 0 Å². The number of aromatic carboxylic acids is 1. The quantitative estimate of drug-likeness (QED) is 0.890. The summed E-state index contributed by atoms with van der Waals surface area (Å²) in [6.07, 6.45) is 0.718. The van der Waals surface area contributed by atoms with Crippen LogP contribution < -0.4 is 5.32 Å². The average molecular weight is 265 g/mol. The summed E-state index contributed by atoms with van der Waals surface area (Å²) in [6.45, 7) is 1.93. The van der Waals surface area contributed by atoms with Crippen LogP contribution in [0.25, 0.3) is 0 Å². The molecule has 0 aliphatic carbocycles. The van der Waals surface area contributed by atoms with Crippen molar-refractivity contribution in [2.75, 3.05) is 5.32 Å². The molecule has 0 aliphatic rings. The van der Waals surface area contributed by atoms with E-state index in [-0.39, 0.29) is 16.5 Å². The zero-order chi connectivity index (χ0) is 13.1. The zero-order valence-electron chi connectivity index (χ0n) is 9.60. The van der Waals surface area contributed by atoms with Gasteiger partial charge < -0.3 is 14.8 Å². The van der Waals surface area contributed by atoms with Gasteiger partial charge in [-0.25, -0.2) is 4.79 Å². The Balaban J connectivity index is 2.08. The zero-order valence-corrected chi connectivity index (χ0v) is 10.4. The molecular formula is C12H11NO4S. The van der Waals surface area contributed by atoms with Crippen molar-refractivity contribution in [3.8, 4) is 0 Å². The van der Waals surface area contributed by atoms with Crippen molar-refractivity contribution in [3.05, 3.63) is 40.7 Å². The fourth-order valence-electron chi connectivity index (χ4n) is 1.38. The molecule has 2 N–H and O–H groups in total. The topological polar surface area (TPSA) is 79.5 Å². The SMILES string of the molecule is CCc1ccc(C(=O)Nc2ccc(C(=O)O)s2)o1. The Kier molecular flexibility index (Phi) is 3.47. The van der Waals surface area contributed by atoms with E-state index in [2.05, 4.69) is 5.32 Å². The van der Waals surface area contributed by atoms with Gasteiger partial charge in [0.1, 0.15) is 10.6 Å². The molecule has 2 aromatic rings. The second kappa shape index (κ2) is 5.05. The van der Waals surface area contributed by atoms with Crippen LogP contribution in [-0.4, -0.2) is 17.0 Å². The maximum atomic E-state index is 11.8. The van der Waals surface area contributed by atoms with Crippen molar-refractivity contribution >= 4 is 28.2 Å². The van der Waals surface area contributed by atoms with Gasteiger partial charge in [-0.05, 0) is 24.3 Å². The van der Waals surface area contributed by atoms with Crippen molar-refractivity contribution in [3.63, 3.8) is 0 Å². The molecule has 0 fully saturated rings. The van der Waals surface area contributed by atoms with E-state index in [1.54, 1.807) is 18.2 Å². The highest BCUT2D eigenvalue weighted by Gasteiger charge is 2.13. The molecule has 2 rings (SSSR count). The van der Waals surface area contributed by atoms with E-state index < -0.39 is 5.97 Å². The molecule has 0 radical (unpaired) electrons. The summed E-state index contributed by atoms with van der Waals surface area (Å²) in [5.74, 6) is -0.435. The highest BCUT2D eigenvalue weighted by Crippen LogP contribution is 2.22. The molecule has 94 valence electrons. The second-order valence-electron chi connectivity index (χ2n) is 3.54. The third-order valence-electron chi connectivity index (χ3n) is 2.29. The first-order chi connectivity index (χ1) is 8.60. The second-order valence-corrected chi connectivity index (χ2v) is 4.63. The molecule has 1 amide bonds. The lowest BCUT2D eigenvalue weighted by Crippen LogP contribution is -2.09. The predicted octanol–water partition coefficient (Wildman–Crippen LogP) is 2.85. The Hall–Kier alpha value is -2.08. The van der Waals surface area contributed by atoms with E-state index in [4.69, 9.17) is 9.52 Å². The van der Waals surface area contributed by atoms with E-state index in [0.29, 0.717) is 5.00 Å². The number of hydrogen-bond donors (Lipinski definition) is 2. The Morgan fingerprint density at radius 1 is 1.33 bits per heavy atom. The molecule has 6 heteroatoms. The molecule has 5 nitrogen and oxygen atoms in total. The van der Waals surface area contributed by atoms with Crippen LogP contribution in [0.5, 0.6) is 0 Å². The van der Waals surface area contributed by atoms with Crippen LogP contribution in [-0.2, 0) is 6.42 Å². The molecule has 0 saturated heterocycles. The molecule has 0 unspecified atom stereocenters. The lowest BCUT2D eigenvalue weighted by Gasteiger charge is -1.98. The number of amides is 1. The van der Waals surface area contributed by atoms with Gasteiger partial charge in [0, 0.05) is 6.42 Å². The van der Waals surface area contributed by atoms with E-state index in [0.717, 1.165) is 23.5 Å². The highest BCUT2D eigenvalue weighted by molar-refractivity contribution is 7.18. The Bertz CT molecular complexity index is 584. The largest absolute Gasteiger partial charge is 0.477 e. The van der Waals surface area contributed by atoms with Gasteiger partial charge in [-0.1, -0.05) is 6.92 Å².